The second-order valence-electron chi connectivity index (χ2n) is 6.50. The Hall–Kier alpha value is -2.71. The number of carbonyl (C=O) groups excluding carboxylic acids is 2. The molecule has 0 unspecified atom stereocenters. The zero-order valence-corrected chi connectivity index (χ0v) is 16.8. The molecule has 0 bridgehead atoms. The molecule has 1 aliphatic heterocycles. The summed E-state index contributed by atoms with van der Waals surface area (Å²) >= 11 is 3.40. The summed E-state index contributed by atoms with van der Waals surface area (Å²) in [4.78, 5) is 30.4. The van der Waals surface area contributed by atoms with Crippen LogP contribution in [0.5, 0.6) is 0 Å². The van der Waals surface area contributed by atoms with E-state index in [2.05, 4.69) is 26.1 Å². The fourth-order valence-electron chi connectivity index (χ4n) is 3.17. The largest absolute Gasteiger partial charge is 0.378 e. The van der Waals surface area contributed by atoms with E-state index in [-0.39, 0.29) is 11.7 Å². The Morgan fingerprint density at radius 3 is 2.61 bits per heavy atom. The maximum Gasteiger partial charge on any atom is 0.270 e. The number of hydrogen-bond donors (Lipinski definition) is 1. The average molecular weight is 444 g/mol. The summed E-state index contributed by atoms with van der Waals surface area (Å²) in [6.45, 7) is 3.83. The first-order chi connectivity index (χ1) is 13.5. The molecule has 28 heavy (non-hydrogen) atoms. The van der Waals surface area contributed by atoms with Crippen molar-refractivity contribution in [3.63, 3.8) is 0 Å². The zero-order chi connectivity index (χ0) is 19.7. The first-order valence-electron chi connectivity index (χ1n) is 8.87. The van der Waals surface area contributed by atoms with Crippen molar-refractivity contribution in [3.8, 4) is 11.3 Å². The minimum atomic E-state index is -0.242. The highest BCUT2D eigenvalue weighted by atomic mass is 79.9. The van der Waals surface area contributed by atoms with Gasteiger partial charge in [0, 0.05) is 34.9 Å². The van der Waals surface area contributed by atoms with Gasteiger partial charge >= 0.3 is 0 Å². The molecule has 4 rings (SSSR count). The average Bonchev–Trinajstić information content (AvgIpc) is 3.35. The van der Waals surface area contributed by atoms with E-state index < -0.39 is 0 Å². The standard InChI is InChI=1S/C20H18BrN3O4/c1-12-17(18(23-28-12)13-2-4-15(21)5-3-13)19(25)14-10-16(22-11-14)20(26)24-6-8-27-9-7-24/h2-5,10-11,22H,6-9H2,1H3. The Balaban J connectivity index is 1.62. The molecule has 8 heteroatoms. The lowest BCUT2D eigenvalue weighted by Crippen LogP contribution is -2.40. The fraction of sp³-hybridized carbons (Fsp3) is 0.250. The number of halogens is 1. The number of hydrogen-bond acceptors (Lipinski definition) is 5. The molecule has 2 aromatic heterocycles. The lowest BCUT2D eigenvalue weighted by Gasteiger charge is -2.26. The SMILES string of the molecule is Cc1onc(-c2ccc(Br)cc2)c1C(=O)c1c[nH]c(C(=O)N2CCOCC2)c1. The number of H-pyrrole nitrogens is 1. The molecule has 1 aromatic carbocycles. The third-order valence-corrected chi connectivity index (χ3v) is 5.21. The third-order valence-electron chi connectivity index (χ3n) is 4.68. The third kappa shape index (κ3) is 3.53. The molecule has 0 aliphatic carbocycles. The van der Waals surface area contributed by atoms with Crippen LogP contribution in [0.25, 0.3) is 11.3 Å². The van der Waals surface area contributed by atoms with Gasteiger partial charge in [-0.15, -0.1) is 0 Å². The first-order valence-corrected chi connectivity index (χ1v) is 9.66. The quantitative estimate of drug-likeness (QED) is 0.623. The lowest BCUT2D eigenvalue weighted by atomic mass is 9.99. The van der Waals surface area contributed by atoms with Gasteiger partial charge in [-0.2, -0.15) is 0 Å². The molecular formula is C20H18BrN3O4. The van der Waals surface area contributed by atoms with Gasteiger partial charge in [0.1, 0.15) is 17.1 Å². The van der Waals surface area contributed by atoms with Crippen molar-refractivity contribution in [1.82, 2.24) is 15.0 Å². The molecule has 1 amide bonds. The monoisotopic (exact) mass is 443 g/mol. The van der Waals surface area contributed by atoms with Gasteiger partial charge in [-0.25, -0.2) is 0 Å². The van der Waals surface area contributed by atoms with E-state index in [9.17, 15) is 9.59 Å². The van der Waals surface area contributed by atoms with Crippen molar-refractivity contribution in [3.05, 3.63) is 63.6 Å². The summed E-state index contributed by atoms with van der Waals surface area (Å²) in [5.41, 5.74) is 2.43. The minimum Gasteiger partial charge on any atom is -0.378 e. The summed E-state index contributed by atoms with van der Waals surface area (Å²) in [5, 5.41) is 4.07. The second kappa shape index (κ2) is 7.73. The molecule has 3 aromatic rings. The van der Waals surface area contributed by atoms with Crippen molar-refractivity contribution in [1.29, 1.82) is 0 Å². The highest BCUT2D eigenvalue weighted by molar-refractivity contribution is 9.10. The summed E-state index contributed by atoms with van der Waals surface area (Å²) < 4.78 is 11.5. The van der Waals surface area contributed by atoms with Gasteiger partial charge in [0.05, 0.1) is 18.8 Å². The lowest BCUT2D eigenvalue weighted by molar-refractivity contribution is 0.0299. The van der Waals surface area contributed by atoms with Crippen molar-refractivity contribution in [2.75, 3.05) is 26.3 Å². The molecule has 1 aliphatic rings. The van der Waals surface area contributed by atoms with Crippen LogP contribution in [0.4, 0.5) is 0 Å². The molecular weight excluding hydrogens is 426 g/mol. The van der Waals surface area contributed by atoms with E-state index in [1.807, 2.05) is 24.3 Å². The Kier molecular flexibility index (Phi) is 5.15. The number of nitrogens with zero attached hydrogens (tertiary/aromatic N) is 2. The van der Waals surface area contributed by atoms with E-state index in [4.69, 9.17) is 9.26 Å². The number of nitrogens with one attached hydrogen (secondary N) is 1. The molecule has 7 nitrogen and oxygen atoms in total. The molecule has 1 N–H and O–H groups in total. The van der Waals surface area contributed by atoms with Crippen LogP contribution in [0.15, 0.2) is 45.5 Å². The van der Waals surface area contributed by atoms with E-state index in [0.717, 1.165) is 10.0 Å². The molecule has 0 radical (unpaired) electrons. The number of amides is 1. The predicted molar refractivity (Wildman–Crippen MR) is 105 cm³/mol. The molecule has 144 valence electrons. The Morgan fingerprint density at radius 1 is 1.18 bits per heavy atom. The minimum absolute atomic E-state index is 0.141. The van der Waals surface area contributed by atoms with Crippen LogP contribution in [-0.4, -0.2) is 53.0 Å². The van der Waals surface area contributed by atoms with Crippen LogP contribution in [-0.2, 0) is 4.74 Å². The molecule has 3 heterocycles. The maximum absolute atomic E-state index is 13.1. The maximum atomic E-state index is 13.1. The van der Waals surface area contributed by atoms with E-state index in [0.29, 0.717) is 54.6 Å². The molecule has 0 saturated carbocycles. The number of ether oxygens (including phenoxy) is 1. The van der Waals surface area contributed by atoms with Crippen LogP contribution in [0.3, 0.4) is 0 Å². The summed E-state index contributed by atoms with van der Waals surface area (Å²) in [6.07, 6.45) is 1.55. The van der Waals surface area contributed by atoms with Gasteiger partial charge in [-0.05, 0) is 25.1 Å². The summed E-state index contributed by atoms with van der Waals surface area (Å²) in [6, 6.07) is 9.06. The Bertz CT molecular complexity index is 1020. The van der Waals surface area contributed by atoms with Gasteiger partial charge in [0.25, 0.3) is 5.91 Å². The van der Waals surface area contributed by atoms with Gasteiger partial charge < -0.3 is 19.1 Å². The zero-order valence-electron chi connectivity index (χ0n) is 15.2. The van der Waals surface area contributed by atoms with Gasteiger partial charge in [-0.3, -0.25) is 9.59 Å². The van der Waals surface area contributed by atoms with Crippen molar-refractivity contribution >= 4 is 27.6 Å². The van der Waals surface area contributed by atoms with Crippen molar-refractivity contribution in [2.24, 2.45) is 0 Å². The number of carbonyl (C=O) groups is 2. The number of aryl methyl sites for hydroxylation is 1. The van der Waals surface area contributed by atoms with Gasteiger partial charge in [0.2, 0.25) is 0 Å². The normalized spacial score (nSPS) is 14.3. The van der Waals surface area contributed by atoms with Crippen LogP contribution in [0.2, 0.25) is 0 Å². The van der Waals surface area contributed by atoms with Gasteiger partial charge in [0.15, 0.2) is 5.78 Å². The number of aromatic amines is 1. The van der Waals surface area contributed by atoms with E-state index in [1.165, 1.54) is 0 Å². The number of morpholine rings is 1. The number of ketones is 1. The van der Waals surface area contributed by atoms with Crippen molar-refractivity contribution in [2.45, 2.75) is 6.92 Å². The Morgan fingerprint density at radius 2 is 1.89 bits per heavy atom. The highest BCUT2D eigenvalue weighted by Gasteiger charge is 2.26. The predicted octanol–water partition coefficient (Wildman–Crippen LogP) is 3.44. The number of benzene rings is 1. The molecule has 1 saturated heterocycles. The van der Waals surface area contributed by atoms with Crippen LogP contribution in [0.1, 0.15) is 32.2 Å². The molecule has 0 spiro atoms. The van der Waals surface area contributed by atoms with Gasteiger partial charge in [-0.1, -0.05) is 33.2 Å². The first kappa shape index (κ1) is 18.6. The Labute approximate surface area is 169 Å². The smallest absolute Gasteiger partial charge is 0.270 e. The van der Waals surface area contributed by atoms with E-state index >= 15 is 0 Å². The highest BCUT2D eigenvalue weighted by Crippen LogP contribution is 2.28. The van der Waals surface area contributed by atoms with Crippen molar-refractivity contribution < 1.29 is 18.8 Å². The van der Waals surface area contributed by atoms with E-state index in [1.54, 1.807) is 24.1 Å². The molecule has 1 fully saturated rings. The van der Waals surface area contributed by atoms with Crippen LogP contribution in [0, 0.1) is 6.92 Å². The number of aromatic nitrogens is 2. The topological polar surface area (TPSA) is 88.4 Å². The summed E-state index contributed by atoms with van der Waals surface area (Å²) in [7, 11) is 0. The fourth-order valence-corrected chi connectivity index (χ4v) is 3.44. The van der Waals surface area contributed by atoms with Crippen LogP contribution >= 0.6 is 15.9 Å². The summed E-state index contributed by atoms with van der Waals surface area (Å²) in [5.74, 6) is 0.0524. The van der Waals surface area contributed by atoms with Crippen LogP contribution < -0.4 is 0 Å². The second-order valence-corrected chi connectivity index (χ2v) is 7.42. The number of rotatable bonds is 4. The molecule has 0 atom stereocenters.